The number of halogens is 2. The second kappa shape index (κ2) is 7.64. The molecule has 1 fully saturated rings. The molecule has 88 valence electrons. The highest BCUT2D eigenvalue weighted by atomic mass is 35.5. The Hall–Kier alpha value is 0.380. The first kappa shape index (κ1) is 16.8. The Kier molecular flexibility index (Phi) is 9.17. The first-order chi connectivity index (χ1) is 5.79. The van der Waals surface area contributed by atoms with Crippen LogP contribution in [0.25, 0.3) is 0 Å². The zero-order valence-corrected chi connectivity index (χ0v) is 10.5. The van der Waals surface area contributed by atoms with Crippen molar-refractivity contribution in [1.82, 2.24) is 26.4 Å². The van der Waals surface area contributed by atoms with Crippen LogP contribution in [0.1, 0.15) is 0 Å². The van der Waals surface area contributed by atoms with E-state index >= 15 is 0 Å². The summed E-state index contributed by atoms with van der Waals surface area (Å²) in [6.45, 7) is 2.89. The van der Waals surface area contributed by atoms with E-state index in [4.69, 9.17) is 0 Å². The van der Waals surface area contributed by atoms with Gasteiger partial charge in [-0.1, -0.05) is 0 Å². The molecule has 0 unspecified atom stereocenters. The molecule has 7 heteroatoms. The van der Waals surface area contributed by atoms with E-state index in [9.17, 15) is 0 Å². The van der Waals surface area contributed by atoms with Crippen LogP contribution in [0.5, 0.6) is 0 Å². The zero-order valence-electron chi connectivity index (χ0n) is 8.89. The largest absolute Gasteiger partial charge is 0.311 e. The third-order valence-corrected chi connectivity index (χ3v) is 2.45. The fourth-order valence-corrected chi connectivity index (χ4v) is 1.62. The Morgan fingerprint density at radius 3 is 2.07 bits per heavy atom. The van der Waals surface area contributed by atoms with Gasteiger partial charge in [0.15, 0.2) is 5.79 Å². The molecule has 0 spiro atoms. The van der Waals surface area contributed by atoms with E-state index in [1.54, 1.807) is 0 Å². The van der Waals surface area contributed by atoms with E-state index < -0.39 is 0 Å². The molecule has 1 aliphatic rings. The summed E-state index contributed by atoms with van der Waals surface area (Å²) in [5.74, 6) is -0.160. The van der Waals surface area contributed by atoms with Crippen molar-refractivity contribution in [3.63, 3.8) is 0 Å². The number of likely N-dealkylation sites (N-methyl/N-ethyl adjacent to an activating group) is 2. The Bertz CT molecular complexity index is 142. The molecular formula is C7H21Cl2N5. The molecule has 1 rings (SSSR count). The minimum Gasteiger partial charge on any atom is -0.311 e. The molecule has 0 atom stereocenters. The van der Waals surface area contributed by atoms with E-state index in [0.717, 1.165) is 19.6 Å². The van der Waals surface area contributed by atoms with Gasteiger partial charge in [-0.15, -0.1) is 24.8 Å². The molecule has 1 heterocycles. The third kappa shape index (κ3) is 3.20. The van der Waals surface area contributed by atoms with Gasteiger partial charge in [0.05, 0.1) is 0 Å². The SMILES string of the molecule is CNN1CCNCC1(NC)NC.Cl.Cl. The Morgan fingerprint density at radius 2 is 1.71 bits per heavy atom. The van der Waals surface area contributed by atoms with Crippen molar-refractivity contribution in [2.24, 2.45) is 0 Å². The number of rotatable bonds is 3. The summed E-state index contributed by atoms with van der Waals surface area (Å²) in [7, 11) is 5.84. The fourth-order valence-electron chi connectivity index (χ4n) is 1.62. The van der Waals surface area contributed by atoms with Crippen LogP contribution in [-0.2, 0) is 0 Å². The van der Waals surface area contributed by atoms with Crippen molar-refractivity contribution >= 4 is 24.8 Å². The van der Waals surface area contributed by atoms with Crippen LogP contribution >= 0.6 is 24.8 Å². The molecule has 1 saturated heterocycles. The molecule has 5 nitrogen and oxygen atoms in total. The molecule has 0 radical (unpaired) electrons. The molecule has 0 saturated carbocycles. The van der Waals surface area contributed by atoms with Gasteiger partial charge in [-0.3, -0.25) is 16.1 Å². The van der Waals surface area contributed by atoms with Crippen LogP contribution in [0.15, 0.2) is 0 Å². The molecule has 0 amide bonds. The Morgan fingerprint density at radius 1 is 1.14 bits per heavy atom. The molecule has 0 bridgehead atoms. The van der Waals surface area contributed by atoms with Gasteiger partial charge in [0.1, 0.15) is 0 Å². The lowest BCUT2D eigenvalue weighted by Crippen LogP contribution is -2.76. The van der Waals surface area contributed by atoms with E-state index in [0.29, 0.717) is 0 Å². The minimum absolute atomic E-state index is 0. The highest BCUT2D eigenvalue weighted by Crippen LogP contribution is 2.06. The van der Waals surface area contributed by atoms with E-state index in [2.05, 4.69) is 26.4 Å². The standard InChI is InChI=1S/C7H19N5.2ClH/c1-8-7(9-2)6-11-4-5-12(7)10-3;;/h8-11H,4-6H2,1-3H3;2*1H. The van der Waals surface area contributed by atoms with Crippen LogP contribution in [0.3, 0.4) is 0 Å². The van der Waals surface area contributed by atoms with Crippen molar-refractivity contribution in [3.05, 3.63) is 0 Å². The second-order valence-corrected chi connectivity index (χ2v) is 2.91. The predicted octanol–water partition coefficient (Wildman–Crippen LogP) is -1.04. The lowest BCUT2D eigenvalue weighted by atomic mass is 10.2. The maximum Gasteiger partial charge on any atom is 0.151 e. The van der Waals surface area contributed by atoms with E-state index in [1.165, 1.54) is 0 Å². The lowest BCUT2D eigenvalue weighted by Gasteiger charge is -2.46. The normalized spacial score (nSPS) is 20.8. The van der Waals surface area contributed by atoms with Crippen molar-refractivity contribution < 1.29 is 0 Å². The highest BCUT2D eigenvalue weighted by Gasteiger charge is 2.35. The molecule has 0 aromatic carbocycles. The summed E-state index contributed by atoms with van der Waals surface area (Å²) in [5, 5.41) is 12.0. The van der Waals surface area contributed by atoms with Gasteiger partial charge in [-0.2, -0.15) is 0 Å². The topological polar surface area (TPSA) is 51.4 Å². The monoisotopic (exact) mass is 245 g/mol. The van der Waals surface area contributed by atoms with Crippen LogP contribution in [0, 0.1) is 0 Å². The summed E-state index contributed by atoms with van der Waals surface area (Å²) >= 11 is 0. The number of hydrazine groups is 1. The molecule has 0 aromatic heterocycles. The first-order valence-corrected chi connectivity index (χ1v) is 4.32. The Balaban J connectivity index is 0. The molecule has 1 aliphatic heterocycles. The number of nitrogens with one attached hydrogen (secondary N) is 4. The van der Waals surface area contributed by atoms with E-state index in [1.807, 2.05) is 21.1 Å². The van der Waals surface area contributed by atoms with Gasteiger partial charge in [0.2, 0.25) is 0 Å². The van der Waals surface area contributed by atoms with E-state index in [-0.39, 0.29) is 30.6 Å². The number of hydrogen-bond donors (Lipinski definition) is 4. The smallest absolute Gasteiger partial charge is 0.151 e. The van der Waals surface area contributed by atoms with Crippen molar-refractivity contribution in [3.8, 4) is 0 Å². The first-order valence-electron chi connectivity index (χ1n) is 4.32. The van der Waals surface area contributed by atoms with Crippen LogP contribution in [-0.4, -0.2) is 51.6 Å². The van der Waals surface area contributed by atoms with Gasteiger partial charge in [0, 0.05) is 19.6 Å². The predicted molar refractivity (Wildman–Crippen MR) is 64.0 cm³/mol. The minimum atomic E-state index is -0.160. The molecular weight excluding hydrogens is 225 g/mol. The average molecular weight is 246 g/mol. The third-order valence-electron chi connectivity index (χ3n) is 2.45. The molecule has 14 heavy (non-hydrogen) atoms. The number of nitrogens with zero attached hydrogens (tertiary/aromatic N) is 1. The zero-order chi connectivity index (χ0) is 9.03. The van der Waals surface area contributed by atoms with Crippen LogP contribution in [0.4, 0.5) is 0 Å². The summed E-state index contributed by atoms with van der Waals surface area (Å²) in [5.41, 5.74) is 3.16. The summed E-state index contributed by atoms with van der Waals surface area (Å²) in [6, 6.07) is 0. The lowest BCUT2D eigenvalue weighted by molar-refractivity contribution is -0.0217. The van der Waals surface area contributed by atoms with Crippen molar-refractivity contribution in [2.45, 2.75) is 5.79 Å². The molecule has 0 aromatic rings. The average Bonchev–Trinajstić information content (AvgIpc) is 2.17. The van der Waals surface area contributed by atoms with Gasteiger partial charge >= 0.3 is 0 Å². The maximum atomic E-state index is 3.34. The molecule has 0 aliphatic carbocycles. The van der Waals surface area contributed by atoms with Gasteiger partial charge < -0.3 is 5.32 Å². The van der Waals surface area contributed by atoms with Gasteiger partial charge in [-0.05, 0) is 21.1 Å². The second-order valence-electron chi connectivity index (χ2n) is 2.91. The molecule has 4 N–H and O–H groups in total. The summed E-state index contributed by atoms with van der Waals surface area (Å²) < 4.78 is 0. The quantitative estimate of drug-likeness (QED) is 0.479. The van der Waals surface area contributed by atoms with Gasteiger partial charge in [-0.25, -0.2) is 5.01 Å². The van der Waals surface area contributed by atoms with Crippen LogP contribution < -0.4 is 21.4 Å². The number of hydrogen-bond acceptors (Lipinski definition) is 5. The number of piperazine rings is 1. The maximum absolute atomic E-state index is 3.34. The highest BCUT2D eigenvalue weighted by molar-refractivity contribution is 5.85. The van der Waals surface area contributed by atoms with Crippen LogP contribution in [0.2, 0.25) is 0 Å². The van der Waals surface area contributed by atoms with Gasteiger partial charge in [0.25, 0.3) is 0 Å². The van der Waals surface area contributed by atoms with Crippen molar-refractivity contribution in [2.75, 3.05) is 40.8 Å². The summed E-state index contributed by atoms with van der Waals surface area (Å²) in [4.78, 5) is 0. The fraction of sp³-hybridized carbons (Fsp3) is 1.00. The summed E-state index contributed by atoms with van der Waals surface area (Å²) in [6.07, 6.45) is 0. The Labute approximate surface area is 98.2 Å². The van der Waals surface area contributed by atoms with Crippen molar-refractivity contribution in [1.29, 1.82) is 0 Å².